The highest BCUT2D eigenvalue weighted by atomic mass is 19.3. The first kappa shape index (κ1) is 20.1. The Labute approximate surface area is 189 Å². The molecule has 1 aliphatic heterocycles. The van der Waals surface area contributed by atoms with Gasteiger partial charge in [0.15, 0.2) is 5.82 Å². The number of amides is 1. The van der Waals surface area contributed by atoms with E-state index in [1.165, 1.54) is 4.90 Å². The largest absolute Gasteiger partial charge is 0.412 e. The molecule has 0 radical (unpaired) electrons. The zero-order valence-electron chi connectivity index (χ0n) is 17.3. The fourth-order valence-corrected chi connectivity index (χ4v) is 3.98. The minimum atomic E-state index is -2.81. The molecule has 0 fully saturated rings. The fraction of sp³-hybridized carbons (Fsp3) is 0.190. The summed E-state index contributed by atoms with van der Waals surface area (Å²) in [5.41, 5.74) is 2.43. The first-order valence-corrected chi connectivity index (χ1v) is 10.3. The number of fused-ring (bicyclic) bond motifs is 2. The van der Waals surface area contributed by atoms with Crippen molar-refractivity contribution in [1.29, 1.82) is 0 Å². The summed E-state index contributed by atoms with van der Waals surface area (Å²) >= 11 is 0. The average molecular weight is 463 g/mol. The standard InChI is InChI=1S/C21H15F2N9O2/c22-21(23)32-9-12(8-27-32)18-29-30-19(34-18)20(33)31-6-5-14-15(26-10-25-14)16(31)17-24-7-11-3-1-2-4-13(11)28-17/h1-4,7-10,16,21H,5-6H2,(H,25,26)/t16-/m1/s1. The third-order valence-corrected chi connectivity index (χ3v) is 5.59. The smallest absolute Gasteiger partial charge is 0.333 e. The molecule has 170 valence electrons. The summed E-state index contributed by atoms with van der Waals surface area (Å²) in [6, 6.07) is 6.86. The highest BCUT2D eigenvalue weighted by molar-refractivity contribution is 5.90. The molecule has 13 heteroatoms. The van der Waals surface area contributed by atoms with Gasteiger partial charge >= 0.3 is 18.3 Å². The molecule has 1 amide bonds. The van der Waals surface area contributed by atoms with Crippen LogP contribution >= 0.6 is 0 Å². The fourth-order valence-electron chi connectivity index (χ4n) is 3.98. The minimum absolute atomic E-state index is 0.0915. The molecule has 6 rings (SSSR count). The van der Waals surface area contributed by atoms with E-state index in [1.807, 2.05) is 24.3 Å². The summed E-state index contributed by atoms with van der Waals surface area (Å²) in [7, 11) is 0. The van der Waals surface area contributed by atoms with E-state index in [-0.39, 0.29) is 17.3 Å². The topological polar surface area (TPSA) is 132 Å². The maximum absolute atomic E-state index is 13.4. The predicted molar refractivity (Wildman–Crippen MR) is 111 cm³/mol. The Morgan fingerprint density at radius 3 is 2.91 bits per heavy atom. The van der Waals surface area contributed by atoms with Crippen LogP contribution in [0.5, 0.6) is 0 Å². The third kappa shape index (κ3) is 3.29. The van der Waals surface area contributed by atoms with Crippen molar-refractivity contribution in [2.24, 2.45) is 0 Å². The molecule has 1 atom stereocenters. The van der Waals surface area contributed by atoms with Gasteiger partial charge in [0.25, 0.3) is 5.89 Å². The number of nitrogens with one attached hydrogen (secondary N) is 1. The van der Waals surface area contributed by atoms with Gasteiger partial charge < -0.3 is 14.3 Å². The maximum atomic E-state index is 13.4. The Morgan fingerprint density at radius 2 is 2.06 bits per heavy atom. The Bertz CT molecular complexity index is 1510. The third-order valence-electron chi connectivity index (χ3n) is 5.59. The number of nitrogens with zero attached hydrogens (tertiary/aromatic N) is 8. The van der Waals surface area contributed by atoms with Crippen molar-refractivity contribution in [3.8, 4) is 11.5 Å². The number of aromatic amines is 1. The molecule has 5 heterocycles. The second-order valence-corrected chi connectivity index (χ2v) is 7.60. The van der Waals surface area contributed by atoms with Gasteiger partial charge in [-0.15, -0.1) is 10.2 Å². The summed E-state index contributed by atoms with van der Waals surface area (Å²) in [5, 5.41) is 12.1. The van der Waals surface area contributed by atoms with E-state index in [4.69, 9.17) is 4.42 Å². The molecule has 0 saturated heterocycles. The summed E-state index contributed by atoms with van der Waals surface area (Å²) in [6.07, 6.45) is 6.03. The van der Waals surface area contributed by atoms with Crippen LogP contribution in [-0.4, -0.2) is 57.3 Å². The van der Waals surface area contributed by atoms with Crippen molar-refractivity contribution < 1.29 is 18.0 Å². The van der Waals surface area contributed by atoms with Gasteiger partial charge in [-0.2, -0.15) is 13.9 Å². The van der Waals surface area contributed by atoms with E-state index in [9.17, 15) is 13.6 Å². The van der Waals surface area contributed by atoms with Gasteiger partial charge in [-0.25, -0.2) is 19.6 Å². The number of alkyl halides is 2. The van der Waals surface area contributed by atoms with Crippen LogP contribution in [0.4, 0.5) is 8.78 Å². The molecule has 0 spiro atoms. The highest BCUT2D eigenvalue weighted by Crippen LogP contribution is 2.33. The Kier molecular flexibility index (Phi) is 4.60. The first-order chi connectivity index (χ1) is 16.6. The van der Waals surface area contributed by atoms with Crippen LogP contribution in [0.3, 0.4) is 0 Å². The second-order valence-electron chi connectivity index (χ2n) is 7.60. The minimum Gasteiger partial charge on any atom is -0.412 e. The number of benzene rings is 1. The number of carbonyl (C=O) groups is 1. The van der Waals surface area contributed by atoms with Gasteiger partial charge in [0.2, 0.25) is 0 Å². The van der Waals surface area contributed by atoms with Crippen LogP contribution < -0.4 is 0 Å². The summed E-state index contributed by atoms with van der Waals surface area (Å²) in [6.45, 7) is -2.48. The number of imidazole rings is 1. The molecular weight excluding hydrogens is 448 g/mol. The molecule has 0 aliphatic carbocycles. The molecule has 4 aromatic heterocycles. The van der Waals surface area contributed by atoms with E-state index in [0.29, 0.717) is 29.2 Å². The van der Waals surface area contributed by atoms with Gasteiger partial charge in [-0.1, -0.05) is 18.2 Å². The van der Waals surface area contributed by atoms with Crippen molar-refractivity contribution in [3.63, 3.8) is 0 Å². The lowest BCUT2D eigenvalue weighted by Gasteiger charge is -2.32. The number of hydrogen-bond acceptors (Lipinski definition) is 8. The zero-order chi connectivity index (χ0) is 23.2. The van der Waals surface area contributed by atoms with Gasteiger partial charge in [0.05, 0.1) is 29.3 Å². The molecule has 34 heavy (non-hydrogen) atoms. The van der Waals surface area contributed by atoms with Crippen molar-refractivity contribution in [2.45, 2.75) is 19.0 Å². The number of carbonyl (C=O) groups excluding carboxylic acids is 1. The number of halogens is 2. The lowest BCUT2D eigenvalue weighted by molar-refractivity contribution is 0.0566. The van der Waals surface area contributed by atoms with E-state index < -0.39 is 18.5 Å². The SMILES string of the molecule is O=C(c1nnc(-c2cnn(C(F)F)c2)o1)N1CCc2[nH]cnc2[C@@H]1c1ncc2ccccc2n1. The van der Waals surface area contributed by atoms with Gasteiger partial charge in [0, 0.05) is 36.4 Å². The molecule has 1 N–H and O–H groups in total. The average Bonchev–Trinajstić information content (AvgIpc) is 3.62. The van der Waals surface area contributed by atoms with Gasteiger partial charge in [0.1, 0.15) is 6.04 Å². The van der Waals surface area contributed by atoms with Crippen molar-refractivity contribution in [2.75, 3.05) is 6.54 Å². The predicted octanol–water partition coefficient (Wildman–Crippen LogP) is 2.78. The van der Waals surface area contributed by atoms with Crippen LogP contribution in [0, 0.1) is 0 Å². The molecule has 5 aromatic rings. The molecule has 1 aliphatic rings. The molecule has 11 nitrogen and oxygen atoms in total. The van der Waals surface area contributed by atoms with Gasteiger partial charge in [-0.05, 0) is 6.07 Å². The highest BCUT2D eigenvalue weighted by Gasteiger charge is 2.38. The lowest BCUT2D eigenvalue weighted by atomic mass is 10.0. The summed E-state index contributed by atoms with van der Waals surface area (Å²) < 4.78 is 31.6. The van der Waals surface area contributed by atoms with Crippen LogP contribution in [0.1, 0.15) is 40.5 Å². The van der Waals surface area contributed by atoms with E-state index in [1.54, 1.807) is 12.5 Å². The number of H-pyrrole nitrogens is 1. The molecule has 0 bridgehead atoms. The van der Waals surface area contributed by atoms with Crippen LogP contribution in [-0.2, 0) is 6.42 Å². The lowest BCUT2D eigenvalue weighted by Crippen LogP contribution is -2.41. The first-order valence-electron chi connectivity index (χ1n) is 10.3. The van der Waals surface area contributed by atoms with Crippen LogP contribution in [0.2, 0.25) is 0 Å². The maximum Gasteiger partial charge on any atom is 0.333 e. The number of hydrogen-bond donors (Lipinski definition) is 1. The monoisotopic (exact) mass is 463 g/mol. The number of para-hydroxylation sites is 1. The Balaban J connectivity index is 1.37. The Morgan fingerprint density at radius 1 is 1.18 bits per heavy atom. The molecule has 0 unspecified atom stereocenters. The van der Waals surface area contributed by atoms with Crippen molar-refractivity contribution >= 4 is 16.8 Å². The van der Waals surface area contributed by atoms with Crippen molar-refractivity contribution in [1.82, 2.24) is 44.8 Å². The molecule has 1 aromatic carbocycles. The Hall–Kier alpha value is -4.55. The number of aromatic nitrogens is 8. The zero-order valence-corrected chi connectivity index (χ0v) is 17.3. The van der Waals surface area contributed by atoms with Crippen molar-refractivity contribution in [3.05, 3.63) is 72.3 Å². The molecule has 0 saturated carbocycles. The van der Waals surface area contributed by atoms with Crippen LogP contribution in [0.15, 0.2) is 53.6 Å². The van der Waals surface area contributed by atoms with E-state index >= 15 is 0 Å². The summed E-state index contributed by atoms with van der Waals surface area (Å²) in [4.78, 5) is 31.6. The van der Waals surface area contributed by atoms with Crippen LogP contribution in [0.25, 0.3) is 22.4 Å². The van der Waals surface area contributed by atoms with E-state index in [0.717, 1.165) is 29.0 Å². The number of rotatable bonds is 4. The second kappa shape index (κ2) is 7.79. The quantitative estimate of drug-likeness (QED) is 0.430. The summed E-state index contributed by atoms with van der Waals surface area (Å²) in [5.74, 6) is -0.524. The molecular formula is C21H15F2N9O2. The normalized spacial score (nSPS) is 15.7. The van der Waals surface area contributed by atoms with E-state index in [2.05, 4.69) is 35.2 Å². The van der Waals surface area contributed by atoms with Gasteiger partial charge in [-0.3, -0.25) is 4.79 Å².